The van der Waals surface area contributed by atoms with E-state index in [-0.39, 0.29) is 12.4 Å². The van der Waals surface area contributed by atoms with Gasteiger partial charge in [0.05, 0.1) is 6.20 Å². The van der Waals surface area contributed by atoms with Crippen molar-refractivity contribution in [2.24, 2.45) is 0 Å². The van der Waals surface area contributed by atoms with E-state index in [4.69, 9.17) is 0 Å². The second-order valence-electron chi connectivity index (χ2n) is 4.46. The third-order valence-corrected chi connectivity index (χ3v) is 3.07. The number of hydrogen-bond acceptors (Lipinski definition) is 2. The number of nitrogens with zero attached hydrogens (tertiary/aromatic N) is 1. The van der Waals surface area contributed by atoms with Crippen molar-refractivity contribution in [3.63, 3.8) is 0 Å². The van der Waals surface area contributed by atoms with Gasteiger partial charge in [-0.2, -0.15) is 5.10 Å². The molecule has 2 aromatic rings. The van der Waals surface area contributed by atoms with Crippen LogP contribution in [0.3, 0.4) is 0 Å². The van der Waals surface area contributed by atoms with Crippen molar-refractivity contribution >= 4 is 12.4 Å². The molecule has 0 aliphatic rings. The molecule has 1 aromatic heterocycles. The van der Waals surface area contributed by atoms with Crippen molar-refractivity contribution in [1.29, 1.82) is 0 Å². The predicted molar refractivity (Wildman–Crippen MR) is 77.1 cm³/mol. The molecule has 0 spiro atoms. The van der Waals surface area contributed by atoms with Crippen molar-refractivity contribution in [2.75, 3.05) is 6.54 Å². The fraction of sp³-hybridized carbons (Fsp3) is 0.357. The largest absolute Gasteiger partial charge is 0.312 e. The smallest absolute Gasteiger partial charge is 0.0535 e. The number of aryl methyl sites for hydroxylation is 1. The molecule has 3 nitrogen and oxygen atoms in total. The Morgan fingerprint density at radius 1 is 1.28 bits per heavy atom. The minimum Gasteiger partial charge on any atom is -0.312 e. The number of aromatic amines is 1. The van der Waals surface area contributed by atoms with E-state index in [0.29, 0.717) is 5.92 Å². The molecule has 1 unspecified atom stereocenters. The van der Waals surface area contributed by atoms with Crippen LogP contribution in [0.2, 0.25) is 0 Å². The summed E-state index contributed by atoms with van der Waals surface area (Å²) in [4.78, 5) is 0. The van der Waals surface area contributed by atoms with Gasteiger partial charge < -0.3 is 5.32 Å². The molecule has 0 aliphatic carbocycles. The Hall–Kier alpha value is -1.32. The predicted octanol–water partition coefficient (Wildman–Crippen LogP) is 3.03. The molecule has 4 heteroatoms. The second kappa shape index (κ2) is 7.19. The van der Waals surface area contributed by atoms with Crippen molar-refractivity contribution < 1.29 is 0 Å². The van der Waals surface area contributed by atoms with Crippen molar-refractivity contribution in [2.45, 2.75) is 26.3 Å². The van der Waals surface area contributed by atoms with Crippen LogP contribution in [-0.4, -0.2) is 16.7 Å². The molecule has 0 bridgehead atoms. The van der Waals surface area contributed by atoms with E-state index in [0.717, 1.165) is 18.8 Å². The molecule has 0 radical (unpaired) electrons. The SMILES string of the molecule is Cc1[nH]ncc1CNCC(C)c1ccccc1.Cl. The first kappa shape index (κ1) is 14.7. The first-order valence-corrected chi connectivity index (χ1v) is 6.02. The van der Waals surface area contributed by atoms with Crippen LogP contribution >= 0.6 is 12.4 Å². The molecule has 0 saturated carbocycles. The van der Waals surface area contributed by atoms with Crippen molar-refractivity contribution in [1.82, 2.24) is 15.5 Å². The third kappa shape index (κ3) is 3.86. The van der Waals surface area contributed by atoms with Crippen molar-refractivity contribution in [3.05, 3.63) is 53.3 Å². The fourth-order valence-corrected chi connectivity index (χ4v) is 1.88. The Morgan fingerprint density at radius 3 is 2.61 bits per heavy atom. The Bertz CT molecular complexity index is 453. The van der Waals surface area contributed by atoms with Crippen LogP contribution in [0.25, 0.3) is 0 Å². The lowest BCUT2D eigenvalue weighted by Crippen LogP contribution is -2.19. The van der Waals surface area contributed by atoms with Gasteiger partial charge in [0.15, 0.2) is 0 Å². The highest BCUT2D eigenvalue weighted by Gasteiger charge is 2.05. The summed E-state index contributed by atoms with van der Waals surface area (Å²) in [6.45, 7) is 6.14. The summed E-state index contributed by atoms with van der Waals surface area (Å²) in [6.07, 6.45) is 1.88. The maximum absolute atomic E-state index is 4.01. The first-order chi connectivity index (χ1) is 8.27. The van der Waals surface area contributed by atoms with Gasteiger partial charge in [0.2, 0.25) is 0 Å². The van der Waals surface area contributed by atoms with Gasteiger partial charge in [0.25, 0.3) is 0 Å². The molecule has 98 valence electrons. The van der Waals surface area contributed by atoms with E-state index in [2.05, 4.69) is 52.8 Å². The molecule has 1 aromatic carbocycles. The molecule has 0 amide bonds. The van der Waals surface area contributed by atoms with Crippen LogP contribution in [-0.2, 0) is 6.54 Å². The molecule has 1 atom stereocenters. The Labute approximate surface area is 114 Å². The zero-order valence-corrected chi connectivity index (χ0v) is 11.6. The van der Waals surface area contributed by atoms with E-state index in [1.165, 1.54) is 11.1 Å². The van der Waals surface area contributed by atoms with E-state index >= 15 is 0 Å². The van der Waals surface area contributed by atoms with Crippen LogP contribution in [0.1, 0.15) is 29.7 Å². The van der Waals surface area contributed by atoms with Gasteiger partial charge in [-0.25, -0.2) is 0 Å². The highest BCUT2D eigenvalue weighted by atomic mass is 35.5. The average molecular weight is 266 g/mol. The normalized spacial score (nSPS) is 11.9. The lowest BCUT2D eigenvalue weighted by atomic mass is 10.0. The van der Waals surface area contributed by atoms with Gasteiger partial charge in [-0.15, -0.1) is 12.4 Å². The van der Waals surface area contributed by atoms with Crippen LogP contribution in [0.15, 0.2) is 36.5 Å². The first-order valence-electron chi connectivity index (χ1n) is 6.02. The number of aromatic nitrogens is 2. The van der Waals surface area contributed by atoms with E-state index in [1.807, 2.05) is 13.1 Å². The minimum absolute atomic E-state index is 0. The number of halogens is 1. The summed E-state index contributed by atoms with van der Waals surface area (Å²) in [5, 5.41) is 10.4. The zero-order chi connectivity index (χ0) is 12.1. The van der Waals surface area contributed by atoms with Crippen molar-refractivity contribution in [3.8, 4) is 0 Å². The van der Waals surface area contributed by atoms with E-state index < -0.39 is 0 Å². The van der Waals surface area contributed by atoms with Gasteiger partial charge in [-0.05, 0) is 18.4 Å². The zero-order valence-electron chi connectivity index (χ0n) is 10.8. The Morgan fingerprint density at radius 2 is 2.00 bits per heavy atom. The quantitative estimate of drug-likeness (QED) is 0.873. The molecule has 2 rings (SSSR count). The summed E-state index contributed by atoms with van der Waals surface area (Å²) in [7, 11) is 0. The summed E-state index contributed by atoms with van der Waals surface area (Å²) >= 11 is 0. The molecule has 1 heterocycles. The average Bonchev–Trinajstić information content (AvgIpc) is 2.76. The van der Waals surface area contributed by atoms with E-state index in [1.54, 1.807) is 0 Å². The molecule has 0 fully saturated rings. The van der Waals surface area contributed by atoms with Gasteiger partial charge in [0, 0.05) is 24.3 Å². The highest BCUT2D eigenvalue weighted by molar-refractivity contribution is 5.85. The summed E-state index contributed by atoms with van der Waals surface area (Å²) in [5.41, 5.74) is 3.76. The third-order valence-electron chi connectivity index (χ3n) is 3.07. The van der Waals surface area contributed by atoms with Crippen LogP contribution in [0, 0.1) is 6.92 Å². The van der Waals surface area contributed by atoms with Crippen LogP contribution in [0.4, 0.5) is 0 Å². The molecular weight excluding hydrogens is 246 g/mol. The van der Waals surface area contributed by atoms with Gasteiger partial charge in [0.1, 0.15) is 0 Å². The lowest BCUT2D eigenvalue weighted by molar-refractivity contribution is 0.614. The number of H-pyrrole nitrogens is 1. The van der Waals surface area contributed by atoms with E-state index in [9.17, 15) is 0 Å². The maximum Gasteiger partial charge on any atom is 0.0535 e. The number of rotatable bonds is 5. The number of benzene rings is 1. The Kier molecular flexibility index (Phi) is 5.89. The fourth-order valence-electron chi connectivity index (χ4n) is 1.88. The summed E-state index contributed by atoms with van der Waals surface area (Å²) in [5.74, 6) is 0.531. The van der Waals surface area contributed by atoms with Crippen LogP contribution < -0.4 is 5.32 Å². The standard InChI is InChI=1S/C14H19N3.ClH/c1-11(13-6-4-3-5-7-13)8-15-9-14-10-16-17-12(14)2;/h3-7,10-11,15H,8-9H2,1-2H3,(H,16,17);1H. The molecular formula is C14H20ClN3. The molecule has 0 saturated heterocycles. The summed E-state index contributed by atoms with van der Waals surface area (Å²) < 4.78 is 0. The van der Waals surface area contributed by atoms with Gasteiger partial charge in [-0.1, -0.05) is 37.3 Å². The second-order valence-corrected chi connectivity index (χ2v) is 4.46. The highest BCUT2D eigenvalue weighted by Crippen LogP contribution is 2.13. The molecule has 18 heavy (non-hydrogen) atoms. The number of nitrogens with one attached hydrogen (secondary N) is 2. The lowest BCUT2D eigenvalue weighted by Gasteiger charge is -2.12. The summed E-state index contributed by atoms with van der Waals surface area (Å²) in [6, 6.07) is 10.6. The maximum atomic E-state index is 4.01. The minimum atomic E-state index is 0. The van der Waals surface area contributed by atoms with Crippen LogP contribution in [0.5, 0.6) is 0 Å². The van der Waals surface area contributed by atoms with Gasteiger partial charge >= 0.3 is 0 Å². The molecule has 2 N–H and O–H groups in total. The topological polar surface area (TPSA) is 40.7 Å². The molecule has 0 aliphatic heterocycles. The van der Waals surface area contributed by atoms with Gasteiger partial charge in [-0.3, -0.25) is 5.10 Å². The monoisotopic (exact) mass is 265 g/mol. The Balaban J connectivity index is 0.00000162. The number of hydrogen-bond donors (Lipinski definition) is 2.